The van der Waals surface area contributed by atoms with Gasteiger partial charge in [-0.25, -0.2) is 19.7 Å². The van der Waals surface area contributed by atoms with Crippen LogP contribution in [-0.2, 0) is 25.4 Å². The molecule has 1 N–H and O–H groups in total. The zero-order valence-electron chi connectivity index (χ0n) is 16.3. The van der Waals surface area contributed by atoms with Gasteiger partial charge in [-0.15, -0.1) is 0 Å². The molecule has 4 rings (SSSR count). The number of fused-ring (bicyclic) bond motifs is 1. The maximum Gasteiger partial charge on any atom is 0.332 e. The highest BCUT2D eigenvalue weighted by molar-refractivity contribution is 5.90. The molecule has 0 spiro atoms. The molecule has 1 aliphatic rings. The van der Waals surface area contributed by atoms with Crippen molar-refractivity contribution in [3.63, 3.8) is 0 Å². The lowest BCUT2D eigenvalue weighted by atomic mass is 10.1. The van der Waals surface area contributed by atoms with Gasteiger partial charge in [-0.05, 0) is 19.3 Å². The van der Waals surface area contributed by atoms with E-state index in [4.69, 9.17) is 0 Å². The summed E-state index contributed by atoms with van der Waals surface area (Å²) in [4.78, 5) is 51.7. The van der Waals surface area contributed by atoms with E-state index in [1.165, 1.54) is 42.3 Å². The number of piperidine rings is 1. The predicted octanol–water partition coefficient (Wildman–Crippen LogP) is -0.147. The Bertz CT molecular complexity index is 1190. The molecule has 0 aromatic carbocycles. The monoisotopic (exact) mass is 398 g/mol. The molecule has 3 aromatic rings. The van der Waals surface area contributed by atoms with Crippen molar-refractivity contribution < 1.29 is 4.79 Å². The van der Waals surface area contributed by atoms with Gasteiger partial charge in [0.1, 0.15) is 24.5 Å². The lowest BCUT2D eigenvalue weighted by molar-refractivity contribution is -0.116. The van der Waals surface area contributed by atoms with Gasteiger partial charge in [0, 0.05) is 33.3 Å². The van der Waals surface area contributed by atoms with E-state index in [0.29, 0.717) is 5.82 Å². The van der Waals surface area contributed by atoms with Crippen LogP contribution >= 0.6 is 0 Å². The first-order valence-electron chi connectivity index (χ1n) is 9.43. The van der Waals surface area contributed by atoms with Crippen molar-refractivity contribution in [2.24, 2.45) is 14.1 Å². The van der Waals surface area contributed by atoms with Crippen LogP contribution in [0.5, 0.6) is 0 Å². The van der Waals surface area contributed by atoms with Gasteiger partial charge in [0.05, 0.1) is 6.33 Å². The SMILES string of the molecule is Cn1c(=O)c2c(ncn2CC(=O)Nc2cc(N3CCCCC3)ncn2)n(C)c1=O. The summed E-state index contributed by atoms with van der Waals surface area (Å²) in [6, 6.07) is 1.75. The van der Waals surface area contributed by atoms with Crippen LogP contribution in [0.3, 0.4) is 0 Å². The first kappa shape index (κ1) is 18.8. The van der Waals surface area contributed by atoms with Crippen molar-refractivity contribution >= 4 is 28.7 Å². The second kappa shape index (κ2) is 7.49. The van der Waals surface area contributed by atoms with Crippen LogP contribution in [0.1, 0.15) is 19.3 Å². The van der Waals surface area contributed by atoms with E-state index in [1.54, 1.807) is 6.07 Å². The van der Waals surface area contributed by atoms with Crippen LogP contribution < -0.4 is 21.5 Å². The molecule has 29 heavy (non-hydrogen) atoms. The molecule has 152 valence electrons. The molecule has 0 unspecified atom stereocenters. The Hall–Kier alpha value is -3.50. The molecule has 1 saturated heterocycles. The van der Waals surface area contributed by atoms with Gasteiger partial charge in [0.15, 0.2) is 11.2 Å². The van der Waals surface area contributed by atoms with Crippen LogP contribution in [0.2, 0.25) is 0 Å². The van der Waals surface area contributed by atoms with Gasteiger partial charge < -0.3 is 14.8 Å². The Morgan fingerprint density at radius 1 is 1.07 bits per heavy atom. The van der Waals surface area contributed by atoms with Crippen LogP contribution in [0.25, 0.3) is 11.2 Å². The molecular formula is C18H22N8O3. The third-order valence-corrected chi connectivity index (χ3v) is 5.13. The number of hydrogen-bond donors (Lipinski definition) is 1. The summed E-state index contributed by atoms with van der Waals surface area (Å²) >= 11 is 0. The molecule has 4 heterocycles. The number of carbonyl (C=O) groups excluding carboxylic acids is 1. The Morgan fingerprint density at radius 3 is 2.59 bits per heavy atom. The number of amides is 1. The second-order valence-corrected chi connectivity index (χ2v) is 7.11. The molecule has 0 bridgehead atoms. The molecule has 0 atom stereocenters. The quantitative estimate of drug-likeness (QED) is 0.649. The number of nitrogens with zero attached hydrogens (tertiary/aromatic N) is 7. The minimum Gasteiger partial charge on any atom is -0.356 e. The predicted molar refractivity (Wildman–Crippen MR) is 107 cm³/mol. The molecule has 0 radical (unpaired) electrons. The third kappa shape index (κ3) is 3.50. The zero-order chi connectivity index (χ0) is 20.5. The normalized spacial score (nSPS) is 14.3. The molecule has 11 nitrogen and oxygen atoms in total. The summed E-state index contributed by atoms with van der Waals surface area (Å²) in [6.45, 7) is 1.74. The number of carbonyl (C=O) groups is 1. The molecule has 1 amide bonds. The molecule has 0 aliphatic carbocycles. The minimum absolute atomic E-state index is 0.132. The third-order valence-electron chi connectivity index (χ3n) is 5.13. The van der Waals surface area contributed by atoms with Crippen molar-refractivity contribution in [2.75, 3.05) is 23.3 Å². The van der Waals surface area contributed by atoms with Crippen LogP contribution in [-0.4, -0.2) is 47.6 Å². The molecule has 0 saturated carbocycles. The van der Waals surface area contributed by atoms with Gasteiger partial charge in [-0.3, -0.25) is 18.7 Å². The number of nitrogens with one attached hydrogen (secondary N) is 1. The number of aryl methyl sites for hydroxylation is 1. The van der Waals surface area contributed by atoms with Gasteiger partial charge in [0.2, 0.25) is 5.91 Å². The van der Waals surface area contributed by atoms with Crippen molar-refractivity contribution in [2.45, 2.75) is 25.8 Å². The lowest BCUT2D eigenvalue weighted by Crippen LogP contribution is -2.37. The van der Waals surface area contributed by atoms with Gasteiger partial charge in [-0.2, -0.15) is 0 Å². The summed E-state index contributed by atoms with van der Waals surface area (Å²) < 4.78 is 3.70. The van der Waals surface area contributed by atoms with Crippen molar-refractivity contribution in [3.05, 3.63) is 39.6 Å². The summed E-state index contributed by atoms with van der Waals surface area (Å²) in [5.74, 6) is 0.825. The van der Waals surface area contributed by atoms with Crippen molar-refractivity contribution in [3.8, 4) is 0 Å². The van der Waals surface area contributed by atoms with E-state index in [2.05, 4.69) is 25.2 Å². The Morgan fingerprint density at radius 2 is 1.83 bits per heavy atom. The average Bonchev–Trinajstić information content (AvgIpc) is 3.15. The van der Waals surface area contributed by atoms with E-state index in [9.17, 15) is 14.4 Å². The highest BCUT2D eigenvalue weighted by Gasteiger charge is 2.17. The van der Waals surface area contributed by atoms with E-state index >= 15 is 0 Å². The first-order chi connectivity index (χ1) is 14.0. The fourth-order valence-electron chi connectivity index (χ4n) is 3.57. The van der Waals surface area contributed by atoms with Crippen LogP contribution in [0, 0.1) is 0 Å². The van der Waals surface area contributed by atoms with Gasteiger partial charge in [-0.1, -0.05) is 0 Å². The smallest absolute Gasteiger partial charge is 0.332 e. The Kier molecular flexibility index (Phi) is 4.87. The Labute approximate surface area is 165 Å². The zero-order valence-corrected chi connectivity index (χ0v) is 16.3. The fourth-order valence-corrected chi connectivity index (χ4v) is 3.57. The maximum absolute atomic E-state index is 12.5. The van der Waals surface area contributed by atoms with E-state index < -0.39 is 11.2 Å². The van der Waals surface area contributed by atoms with Gasteiger partial charge in [0.25, 0.3) is 5.56 Å². The lowest BCUT2D eigenvalue weighted by Gasteiger charge is -2.27. The maximum atomic E-state index is 12.5. The molecule has 1 fully saturated rings. The molecule has 1 aliphatic heterocycles. The van der Waals surface area contributed by atoms with E-state index in [1.807, 2.05) is 0 Å². The molecule has 3 aromatic heterocycles. The number of anilines is 2. The first-order valence-corrected chi connectivity index (χ1v) is 9.43. The summed E-state index contributed by atoms with van der Waals surface area (Å²) in [6.07, 6.45) is 6.27. The molecule has 11 heteroatoms. The number of imidazole rings is 1. The minimum atomic E-state index is -0.497. The van der Waals surface area contributed by atoms with Gasteiger partial charge >= 0.3 is 5.69 Å². The number of rotatable bonds is 4. The van der Waals surface area contributed by atoms with E-state index in [-0.39, 0.29) is 23.6 Å². The standard InChI is InChI=1S/C18H22N8O3/c1-23-16-15(17(28)24(2)18(23)29)26(11-21-16)9-14(27)22-12-8-13(20-10-19-12)25-6-4-3-5-7-25/h8,10-11H,3-7,9H2,1-2H3,(H,19,20,22,27). The summed E-state index contributed by atoms with van der Waals surface area (Å²) in [5.41, 5.74) is -0.534. The molecular weight excluding hydrogens is 376 g/mol. The number of aromatic nitrogens is 6. The average molecular weight is 398 g/mol. The highest BCUT2D eigenvalue weighted by atomic mass is 16.2. The van der Waals surface area contributed by atoms with E-state index in [0.717, 1.165) is 36.3 Å². The second-order valence-electron chi connectivity index (χ2n) is 7.11. The summed E-state index contributed by atoms with van der Waals surface area (Å²) in [5, 5.41) is 2.74. The number of hydrogen-bond acceptors (Lipinski definition) is 7. The Balaban J connectivity index is 1.55. The van der Waals surface area contributed by atoms with Crippen molar-refractivity contribution in [1.29, 1.82) is 0 Å². The van der Waals surface area contributed by atoms with Crippen LogP contribution in [0.15, 0.2) is 28.3 Å². The largest absolute Gasteiger partial charge is 0.356 e. The fraction of sp³-hybridized carbons (Fsp3) is 0.444. The van der Waals surface area contributed by atoms with Crippen LogP contribution in [0.4, 0.5) is 11.6 Å². The topological polar surface area (TPSA) is 120 Å². The van der Waals surface area contributed by atoms with Crippen molar-refractivity contribution in [1.82, 2.24) is 28.7 Å². The summed E-state index contributed by atoms with van der Waals surface area (Å²) in [7, 11) is 2.93. The highest BCUT2D eigenvalue weighted by Crippen LogP contribution is 2.19.